The van der Waals surface area contributed by atoms with E-state index in [1.807, 2.05) is 0 Å². The summed E-state index contributed by atoms with van der Waals surface area (Å²) in [5.41, 5.74) is 1.55. The molecule has 2 aromatic carbocycles. The molecular weight excluding hydrogens is 509 g/mol. The quantitative estimate of drug-likeness (QED) is 0.468. The smallest absolute Gasteiger partial charge is 0.243 e. The number of carbonyl (C=O) groups excluding carboxylic acids is 2. The second kappa shape index (κ2) is 12.8. The monoisotopic (exact) mass is 545 g/mol. The first-order valence-electron chi connectivity index (χ1n) is 13.3. The number of nitrogens with one attached hydrogen (secondary N) is 1. The predicted molar refractivity (Wildman–Crippen MR) is 141 cm³/mol. The fourth-order valence-corrected chi connectivity index (χ4v) is 6.35. The maximum atomic E-state index is 13.4. The average molecular weight is 546 g/mol. The van der Waals surface area contributed by atoms with Crippen LogP contribution in [0.2, 0.25) is 0 Å². The molecular formula is C28H36FN3O5S. The van der Waals surface area contributed by atoms with E-state index in [1.54, 1.807) is 43.3 Å². The van der Waals surface area contributed by atoms with E-state index in [0.29, 0.717) is 32.7 Å². The van der Waals surface area contributed by atoms with Crippen molar-refractivity contribution < 1.29 is 27.1 Å². The highest BCUT2D eigenvalue weighted by molar-refractivity contribution is 7.89. The van der Waals surface area contributed by atoms with E-state index in [2.05, 4.69) is 5.32 Å². The van der Waals surface area contributed by atoms with Crippen LogP contribution >= 0.6 is 0 Å². The van der Waals surface area contributed by atoms with Gasteiger partial charge >= 0.3 is 0 Å². The summed E-state index contributed by atoms with van der Waals surface area (Å²) < 4.78 is 46.0. The second-order valence-corrected chi connectivity index (χ2v) is 11.9. The average Bonchev–Trinajstić information content (AvgIpc) is 3.65. The van der Waals surface area contributed by atoms with Crippen LogP contribution in [0.1, 0.15) is 50.2 Å². The molecule has 2 amide bonds. The maximum Gasteiger partial charge on any atom is 0.243 e. The lowest BCUT2D eigenvalue weighted by atomic mass is 10.1. The summed E-state index contributed by atoms with van der Waals surface area (Å²) >= 11 is 0. The molecule has 0 radical (unpaired) electrons. The molecule has 8 nitrogen and oxygen atoms in total. The summed E-state index contributed by atoms with van der Waals surface area (Å²) in [6.07, 6.45) is 4.14. The third-order valence-corrected chi connectivity index (χ3v) is 9.13. The van der Waals surface area contributed by atoms with Crippen molar-refractivity contribution in [3.05, 3.63) is 65.5 Å². The minimum atomic E-state index is -3.49. The summed E-state index contributed by atoms with van der Waals surface area (Å²) in [5.74, 6) is -0.862. The van der Waals surface area contributed by atoms with Crippen molar-refractivity contribution in [1.29, 1.82) is 0 Å². The first kappa shape index (κ1) is 28.2. The van der Waals surface area contributed by atoms with E-state index >= 15 is 0 Å². The maximum absolute atomic E-state index is 13.4. The zero-order valence-corrected chi connectivity index (χ0v) is 22.6. The molecule has 2 fully saturated rings. The van der Waals surface area contributed by atoms with Crippen molar-refractivity contribution >= 4 is 21.8 Å². The predicted octanol–water partition coefficient (Wildman–Crippen LogP) is 3.26. The summed E-state index contributed by atoms with van der Waals surface area (Å²) in [6, 6.07) is 11.8. The van der Waals surface area contributed by atoms with Gasteiger partial charge in [-0.2, -0.15) is 4.31 Å². The summed E-state index contributed by atoms with van der Waals surface area (Å²) in [5, 5.41) is 2.89. The van der Waals surface area contributed by atoms with Gasteiger partial charge in [0.15, 0.2) is 0 Å². The van der Waals surface area contributed by atoms with Gasteiger partial charge in [-0.15, -0.1) is 0 Å². The molecule has 0 spiro atoms. The van der Waals surface area contributed by atoms with E-state index in [-0.39, 0.29) is 41.6 Å². The Bertz CT molecular complexity index is 1190. The second-order valence-electron chi connectivity index (χ2n) is 9.96. The normalized spacial score (nSPS) is 18.8. The van der Waals surface area contributed by atoms with Crippen molar-refractivity contribution in [2.45, 2.75) is 69.0 Å². The molecule has 0 unspecified atom stereocenters. The van der Waals surface area contributed by atoms with Gasteiger partial charge in [0.05, 0.1) is 11.0 Å². The SMILES string of the molecule is C[C@@H](C(=O)NC[C@H]1CCCO1)N(Cc1ccc(F)cc1)C(=O)CCc1ccc(S(=O)(=O)N2CCCC2)cc1. The minimum Gasteiger partial charge on any atom is -0.376 e. The third kappa shape index (κ3) is 7.18. The van der Waals surface area contributed by atoms with Crippen molar-refractivity contribution in [2.24, 2.45) is 0 Å². The van der Waals surface area contributed by atoms with Crippen LogP contribution < -0.4 is 5.32 Å². The van der Waals surface area contributed by atoms with E-state index in [0.717, 1.165) is 36.8 Å². The molecule has 206 valence electrons. The Balaban J connectivity index is 1.40. The Labute approximate surface area is 224 Å². The molecule has 2 aliphatic heterocycles. The highest BCUT2D eigenvalue weighted by Crippen LogP contribution is 2.22. The number of hydrogen-bond acceptors (Lipinski definition) is 5. The number of sulfonamides is 1. The number of ether oxygens (including phenoxy) is 1. The molecule has 38 heavy (non-hydrogen) atoms. The van der Waals surface area contributed by atoms with Crippen LogP contribution in [0.5, 0.6) is 0 Å². The van der Waals surface area contributed by atoms with Gasteiger partial charge in [0.25, 0.3) is 0 Å². The van der Waals surface area contributed by atoms with Gasteiger partial charge in [0.1, 0.15) is 11.9 Å². The fraction of sp³-hybridized carbons (Fsp3) is 0.500. The van der Waals surface area contributed by atoms with Gasteiger partial charge in [-0.05, 0) is 74.4 Å². The number of nitrogens with zero attached hydrogens (tertiary/aromatic N) is 2. The molecule has 2 atom stereocenters. The summed E-state index contributed by atoms with van der Waals surface area (Å²) in [6.45, 7) is 4.03. The van der Waals surface area contributed by atoms with E-state index < -0.39 is 16.1 Å². The topological polar surface area (TPSA) is 96.0 Å². The highest BCUT2D eigenvalue weighted by atomic mass is 32.2. The van der Waals surface area contributed by atoms with Crippen molar-refractivity contribution in [1.82, 2.24) is 14.5 Å². The molecule has 4 rings (SSSR count). The molecule has 2 aliphatic rings. The molecule has 10 heteroatoms. The third-order valence-electron chi connectivity index (χ3n) is 7.22. The van der Waals surface area contributed by atoms with Crippen LogP contribution in [-0.2, 0) is 37.3 Å². The molecule has 0 bridgehead atoms. The van der Waals surface area contributed by atoms with Crippen LogP contribution in [0.25, 0.3) is 0 Å². The van der Waals surface area contributed by atoms with Crippen LogP contribution in [0.4, 0.5) is 4.39 Å². The van der Waals surface area contributed by atoms with Gasteiger partial charge < -0.3 is 15.0 Å². The number of halogens is 1. The standard InChI is InChI=1S/C28H36FN3O5S/c1-21(28(34)30-19-25-5-4-18-37-25)32(20-23-6-11-24(29)12-7-23)27(33)15-10-22-8-13-26(14-9-22)38(35,36)31-16-2-3-17-31/h6-9,11-14,21,25H,2-5,10,15-20H2,1H3,(H,30,34)/t21-,25+/m0/s1. The van der Waals surface area contributed by atoms with Crippen molar-refractivity contribution in [2.75, 3.05) is 26.2 Å². The zero-order chi connectivity index (χ0) is 27.1. The van der Waals surface area contributed by atoms with Gasteiger partial charge in [-0.1, -0.05) is 24.3 Å². The molecule has 0 aromatic heterocycles. The minimum absolute atomic E-state index is 0.00958. The molecule has 0 aliphatic carbocycles. The fourth-order valence-electron chi connectivity index (χ4n) is 4.84. The number of carbonyl (C=O) groups is 2. The Morgan fingerprint density at radius 3 is 2.34 bits per heavy atom. The first-order valence-corrected chi connectivity index (χ1v) is 14.7. The van der Waals surface area contributed by atoms with Crippen LogP contribution in [0.15, 0.2) is 53.4 Å². The molecule has 2 heterocycles. The number of hydrogen-bond donors (Lipinski definition) is 1. The number of aryl methyl sites for hydroxylation is 1. The molecule has 1 N–H and O–H groups in total. The van der Waals surface area contributed by atoms with E-state index in [4.69, 9.17) is 4.74 Å². The summed E-state index contributed by atoms with van der Waals surface area (Å²) in [4.78, 5) is 28.0. The number of benzene rings is 2. The Hall–Kier alpha value is -2.82. The van der Waals surface area contributed by atoms with E-state index in [1.165, 1.54) is 21.3 Å². The molecule has 2 saturated heterocycles. The first-order chi connectivity index (χ1) is 18.2. The highest BCUT2D eigenvalue weighted by Gasteiger charge is 2.28. The summed E-state index contributed by atoms with van der Waals surface area (Å²) in [7, 11) is -3.49. The molecule has 0 saturated carbocycles. The van der Waals surface area contributed by atoms with Gasteiger partial charge in [-0.3, -0.25) is 9.59 Å². The lowest BCUT2D eigenvalue weighted by Crippen LogP contribution is -2.49. The van der Waals surface area contributed by atoms with Gasteiger partial charge in [-0.25, -0.2) is 12.8 Å². The van der Waals surface area contributed by atoms with Crippen LogP contribution in [-0.4, -0.2) is 67.8 Å². The molecule has 2 aromatic rings. The van der Waals surface area contributed by atoms with Crippen molar-refractivity contribution in [3.63, 3.8) is 0 Å². The van der Waals surface area contributed by atoms with Gasteiger partial charge in [0, 0.05) is 39.2 Å². The Kier molecular flexibility index (Phi) is 9.51. The largest absolute Gasteiger partial charge is 0.376 e. The number of rotatable bonds is 11. The van der Waals surface area contributed by atoms with E-state index in [9.17, 15) is 22.4 Å². The van der Waals surface area contributed by atoms with Gasteiger partial charge in [0.2, 0.25) is 21.8 Å². The Morgan fingerprint density at radius 2 is 1.71 bits per heavy atom. The van der Waals surface area contributed by atoms with Crippen LogP contribution in [0, 0.1) is 5.82 Å². The Morgan fingerprint density at radius 1 is 1.05 bits per heavy atom. The van der Waals surface area contributed by atoms with Crippen molar-refractivity contribution in [3.8, 4) is 0 Å². The number of amides is 2. The van der Waals surface area contributed by atoms with Crippen LogP contribution in [0.3, 0.4) is 0 Å². The lowest BCUT2D eigenvalue weighted by molar-refractivity contribution is -0.140. The zero-order valence-electron chi connectivity index (χ0n) is 21.8. The lowest BCUT2D eigenvalue weighted by Gasteiger charge is -2.29.